The molecule has 0 bridgehead atoms. The van der Waals surface area contributed by atoms with Crippen LogP contribution in [0.15, 0.2) is 40.9 Å². The summed E-state index contributed by atoms with van der Waals surface area (Å²) in [4.78, 5) is 12.2. The summed E-state index contributed by atoms with van der Waals surface area (Å²) in [7, 11) is 1.49. The molecule has 0 aromatic heterocycles. The van der Waals surface area contributed by atoms with E-state index in [1.165, 1.54) is 7.11 Å². The van der Waals surface area contributed by atoms with Gasteiger partial charge in [0.05, 0.1) is 17.7 Å². The molecule has 2 aromatic carbocycles. The van der Waals surface area contributed by atoms with Crippen molar-refractivity contribution in [1.82, 2.24) is 0 Å². The molecule has 0 aliphatic rings. The molecule has 0 saturated heterocycles. The highest BCUT2D eigenvalue weighted by atomic mass is 79.9. The summed E-state index contributed by atoms with van der Waals surface area (Å²) < 4.78 is 5.86. The number of hydrogen-bond acceptors (Lipinski definition) is 2. The van der Waals surface area contributed by atoms with Gasteiger partial charge in [0.2, 0.25) is 0 Å². The van der Waals surface area contributed by atoms with Gasteiger partial charge < -0.3 is 10.1 Å². The number of methoxy groups -OCH3 is 1. The first-order chi connectivity index (χ1) is 9.51. The first kappa shape index (κ1) is 15.2. The number of rotatable bonds is 3. The summed E-state index contributed by atoms with van der Waals surface area (Å²) in [5.74, 6) is 0.135. The topological polar surface area (TPSA) is 38.3 Å². The van der Waals surface area contributed by atoms with Crippen LogP contribution in [0.2, 0.25) is 10.0 Å². The molecule has 0 unspecified atom stereocenters. The molecule has 0 atom stereocenters. The van der Waals surface area contributed by atoms with Gasteiger partial charge in [-0.1, -0.05) is 23.2 Å². The number of ether oxygens (including phenoxy) is 1. The van der Waals surface area contributed by atoms with E-state index in [-0.39, 0.29) is 5.91 Å². The van der Waals surface area contributed by atoms with Crippen molar-refractivity contribution in [3.8, 4) is 5.75 Å². The molecule has 1 amide bonds. The number of anilines is 1. The molecule has 1 N–H and O–H groups in total. The van der Waals surface area contributed by atoms with Crippen LogP contribution in [-0.2, 0) is 0 Å². The quantitative estimate of drug-likeness (QED) is 0.819. The fourth-order valence-corrected chi connectivity index (χ4v) is 2.28. The lowest BCUT2D eigenvalue weighted by Gasteiger charge is -2.10. The molecule has 3 nitrogen and oxygen atoms in total. The summed E-state index contributed by atoms with van der Waals surface area (Å²) in [6.45, 7) is 0. The lowest BCUT2D eigenvalue weighted by molar-refractivity contribution is 0.102. The van der Waals surface area contributed by atoms with Crippen molar-refractivity contribution in [1.29, 1.82) is 0 Å². The monoisotopic (exact) mass is 373 g/mol. The van der Waals surface area contributed by atoms with Crippen molar-refractivity contribution < 1.29 is 9.53 Å². The molecular formula is C14H10BrCl2NO2. The minimum atomic E-state index is -0.285. The van der Waals surface area contributed by atoms with E-state index in [0.717, 1.165) is 0 Å². The smallest absolute Gasteiger partial charge is 0.259 e. The van der Waals surface area contributed by atoms with Gasteiger partial charge in [0.1, 0.15) is 5.75 Å². The number of halogens is 3. The Bertz CT molecular complexity index is 662. The molecule has 0 aliphatic heterocycles. The molecule has 104 valence electrons. The zero-order valence-corrected chi connectivity index (χ0v) is 13.5. The molecule has 2 rings (SSSR count). The van der Waals surface area contributed by atoms with E-state index in [4.69, 9.17) is 27.9 Å². The van der Waals surface area contributed by atoms with Crippen molar-refractivity contribution in [2.45, 2.75) is 0 Å². The number of carbonyl (C=O) groups excluding carboxylic acids is 1. The molecule has 6 heteroatoms. The van der Waals surface area contributed by atoms with E-state index in [0.29, 0.717) is 31.5 Å². The Kier molecular flexibility index (Phi) is 4.91. The average Bonchev–Trinajstić information content (AvgIpc) is 2.42. The van der Waals surface area contributed by atoms with Crippen molar-refractivity contribution >= 4 is 50.7 Å². The highest BCUT2D eigenvalue weighted by Crippen LogP contribution is 2.27. The third kappa shape index (κ3) is 3.45. The second kappa shape index (κ2) is 6.48. The van der Waals surface area contributed by atoms with Crippen molar-refractivity contribution in [3.63, 3.8) is 0 Å². The van der Waals surface area contributed by atoms with E-state index >= 15 is 0 Å². The third-order valence-electron chi connectivity index (χ3n) is 2.59. The van der Waals surface area contributed by atoms with Crippen LogP contribution in [0.4, 0.5) is 5.69 Å². The first-order valence-electron chi connectivity index (χ1n) is 5.61. The molecule has 0 saturated carbocycles. The fourth-order valence-electron chi connectivity index (χ4n) is 1.62. The normalized spacial score (nSPS) is 10.2. The molecule has 20 heavy (non-hydrogen) atoms. The average molecular weight is 375 g/mol. The third-order valence-corrected chi connectivity index (χ3v) is 4.03. The Hall–Kier alpha value is -1.23. The van der Waals surface area contributed by atoms with Crippen LogP contribution < -0.4 is 10.1 Å². The number of nitrogens with one attached hydrogen (secondary N) is 1. The second-order valence-corrected chi connectivity index (χ2v) is 5.63. The van der Waals surface area contributed by atoms with Crippen molar-refractivity contribution in [2.75, 3.05) is 12.4 Å². The van der Waals surface area contributed by atoms with Gasteiger partial charge in [-0.05, 0) is 52.3 Å². The number of hydrogen-bond donors (Lipinski definition) is 1. The van der Waals surface area contributed by atoms with Gasteiger partial charge in [-0.2, -0.15) is 0 Å². The standard InChI is InChI=1S/C14H10BrCl2NO2/c1-20-13-6-8(16)2-4-10(13)14(19)18-9-3-5-12(17)11(15)7-9/h2-7H,1H3,(H,18,19). The van der Waals surface area contributed by atoms with Crippen molar-refractivity contribution in [2.24, 2.45) is 0 Å². The summed E-state index contributed by atoms with van der Waals surface area (Å²) in [5, 5.41) is 3.85. The molecular weight excluding hydrogens is 365 g/mol. The summed E-state index contributed by atoms with van der Waals surface area (Å²) in [6.07, 6.45) is 0. The van der Waals surface area contributed by atoms with Crippen LogP contribution >= 0.6 is 39.1 Å². The maximum atomic E-state index is 12.2. The maximum absolute atomic E-state index is 12.2. The van der Waals surface area contributed by atoms with Crippen LogP contribution in [0.5, 0.6) is 5.75 Å². The maximum Gasteiger partial charge on any atom is 0.259 e. The van der Waals surface area contributed by atoms with Gasteiger partial charge in [0.25, 0.3) is 5.91 Å². The van der Waals surface area contributed by atoms with E-state index in [2.05, 4.69) is 21.2 Å². The van der Waals surface area contributed by atoms with E-state index < -0.39 is 0 Å². The largest absolute Gasteiger partial charge is 0.496 e. The Morgan fingerprint density at radius 3 is 2.60 bits per heavy atom. The minimum Gasteiger partial charge on any atom is -0.496 e. The summed E-state index contributed by atoms with van der Waals surface area (Å²) in [5.41, 5.74) is 1.03. The predicted molar refractivity (Wildman–Crippen MR) is 85.1 cm³/mol. The molecule has 0 radical (unpaired) electrons. The molecule has 0 fully saturated rings. The zero-order valence-electron chi connectivity index (χ0n) is 10.4. The number of benzene rings is 2. The molecule has 0 heterocycles. The van der Waals surface area contributed by atoms with Gasteiger partial charge in [-0.3, -0.25) is 4.79 Å². The van der Waals surface area contributed by atoms with Gasteiger partial charge in [0.15, 0.2) is 0 Å². The minimum absolute atomic E-state index is 0.285. The number of carbonyl (C=O) groups is 1. The second-order valence-electron chi connectivity index (χ2n) is 3.93. The predicted octanol–water partition coefficient (Wildman–Crippen LogP) is 5.02. The van der Waals surface area contributed by atoms with Gasteiger partial charge >= 0.3 is 0 Å². The lowest BCUT2D eigenvalue weighted by atomic mass is 10.2. The van der Waals surface area contributed by atoms with Crippen LogP contribution in [0.3, 0.4) is 0 Å². The van der Waals surface area contributed by atoms with E-state index in [1.807, 2.05) is 0 Å². The zero-order chi connectivity index (χ0) is 14.7. The summed E-state index contributed by atoms with van der Waals surface area (Å²) >= 11 is 15.1. The summed E-state index contributed by atoms with van der Waals surface area (Å²) in [6, 6.07) is 9.98. The Balaban J connectivity index is 2.25. The SMILES string of the molecule is COc1cc(Cl)ccc1C(=O)Nc1ccc(Cl)c(Br)c1. The molecule has 2 aromatic rings. The van der Waals surface area contributed by atoms with Gasteiger partial charge in [0, 0.05) is 15.2 Å². The van der Waals surface area contributed by atoms with E-state index in [9.17, 15) is 4.79 Å². The van der Waals surface area contributed by atoms with Gasteiger partial charge in [-0.15, -0.1) is 0 Å². The number of amides is 1. The molecule has 0 spiro atoms. The fraction of sp³-hybridized carbons (Fsp3) is 0.0714. The Morgan fingerprint density at radius 1 is 1.20 bits per heavy atom. The highest BCUT2D eigenvalue weighted by molar-refractivity contribution is 9.10. The first-order valence-corrected chi connectivity index (χ1v) is 7.16. The Morgan fingerprint density at radius 2 is 1.95 bits per heavy atom. The highest BCUT2D eigenvalue weighted by Gasteiger charge is 2.13. The van der Waals surface area contributed by atoms with E-state index in [1.54, 1.807) is 36.4 Å². The van der Waals surface area contributed by atoms with Crippen LogP contribution in [0.1, 0.15) is 10.4 Å². The van der Waals surface area contributed by atoms with Crippen molar-refractivity contribution in [3.05, 3.63) is 56.5 Å². The van der Waals surface area contributed by atoms with Crippen LogP contribution in [-0.4, -0.2) is 13.0 Å². The van der Waals surface area contributed by atoms with Gasteiger partial charge in [-0.25, -0.2) is 0 Å². The Labute approximate surface area is 135 Å². The van der Waals surface area contributed by atoms with Crippen LogP contribution in [0, 0.1) is 0 Å². The molecule has 0 aliphatic carbocycles. The lowest BCUT2D eigenvalue weighted by Crippen LogP contribution is -2.13. The van der Waals surface area contributed by atoms with Crippen LogP contribution in [0.25, 0.3) is 0 Å².